The zero-order chi connectivity index (χ0) is 9.10. The van der Waals surface area contributed by atoms with Crippen molar-refractivity contribution in [3.05, 3.63) is 30.1 Å². The summed E-state index contributed by atoms with van der Waals surface area (Å²) >= 11 is 1.87. The van der Waals surface area contributed by atoms with Crippen LogP contribution in [0.3, 0.4) is 0 Å². The largest absolute Gasteiger partial charge is 0.294 e. The summed E-state index contributed by atoms with van der Waals surface area (Å²) in [4.78, 5) is 15.7. The summed E-state index contributed by atoms with van der Waals surface area (Å²) in [5, 5.41) is 0. The maximum atomic E-state index is 11.8. The molecule has 68 valence electrons. The normalized spacial score (nSPS) is 21.7. The minimum Gasteiger partial charge on any atom is -0.294 e. The molecule has 0 saturated carbocycles. The third-order valence-corrected chi connectivity index (χ3v) is 3.43. The standard InChI is InChI=1S/C10H11NOS/c12-10(9-3-6-13-7-9)8-1-4-11-5-2-8/h1-2,4-5,9H,3,6-7H2/t9-/m0/s1. The fraction of sp³-hybridized carbons (Fsp3) is 0.400. The molecule has 13 heavy (non-hydrogen) atoms. The Morgan fingerprint density at radius 1 is 1.46 bits per heavy atom. The predicted molar refractivity (Wildman–Crippen MR) is 54.0 cm³/mol. The van der Waals surface area contributed by atoms with E-state index in [4.69, 9.17) is 0 Å². The van der Waals surface area contributed by atoms with Gasteiger partial charge in [0.2, 0.25) is 0 Å². The number of ketones is 1. The van der Waals surface area contributed by atoms with E-state index in [2.05, 4.69) is 4.98 Å². The van der Waals surface area contributed by atoms with E-state index in [9.17, 15) is 4.79 Å². The van der Waals surface area contributed by atoms with Gasteiger partial charge in [0, 0.05) is 29.6 Å². The number of hydrogen-bond acceptors (Lipinski definition) is 3. The molecule has 1 fully saturated rings. The van der Waals surface area contributed by atoms with Crippen molar-refractivity contribution in [1.29, 1.82) is 0 Å². The van der Waals surface area contributed by atoms with Gasteiger partial charge in [0.25, 0.3) is 0 Å². The van der Waals surface area contributed by atoms with E-state index in [-0.39, 0.29) is 11.7 Å². The Kier molecular flexibility index (Phi) is 2.64. The zero-order valence-electron chi connectivity index (χ0n) is 7.27. The molecule has 0 bridgehead atoms. The number of rotatable bonds is 2. The van der Waals surface area contributed by atoms with Gasteiger partial charge in [-0.05, 0) is 24.3 Å². The number of carbonyl (C=O) groups is 1. The molecule has 3 heteroatoms. The number of Topliss-reactive ketones (excluding diaryl/α,β-unsaturated/α-hetero) is 1. The fourth-order valence-corrected chi connectivity index (χ4v) is 2.71. The Bertz CT molecular complexity index is 293. The number of hydrogen-bond donors (Lipinski definition) is 0. The molecule has 1 saturated heterocycles. The van der Waals surface area contributed by atoms with Crippen LogP contribution in [0.5, 0.6) is 0 Å². The minimum absolute atomic E-state index is 0.243. The topological polar surface area (TPSA) is 30.0 Å². The molecule has 0 radical (unpaired) electrons. The first-order valence-corrected chi connectivity index (χ1v) is 5.55. The van der Waals surface area contributed by atoms with Crippen molar-refractivity contribution in [2.24, 2.45) is 5.92 Å². The minimum atomic E-state index is 0.243. The molecular weight excluding hydrogens is 182 g/mol. The van der Waals surface area contributed by atoms with Gasteiger partial charge in [-0.3, -0.25) is 9.78 Å². The quantitative estimate of drug-likeness (QED) is 0.673. The van der Waals surface area contributed by atoms with Crippen molar-refractivity contribution in [2.45, 2.75) is 6.42 Å². The first-order chi connectivity index (χ1) is 6.38. The van der Waals surface area contributed by atoms with Gasteiger partial charge in [-0.25, -0.2) is 0 Å². The molecule has 2 nitrogen and oxygen atoms in total. The van der Waals surface area contributed by atoms with Gasteiger partial charge in [-0.2, -0.15) is 11.8 Å². The number of pyridine rings is 1. The Morgan fingerprint density at radius 2 is 2.23 bits per heavy atom. The summed E-state index contributed by atoms with van der Waals surface area (Å²) in [6, 6.07) is 3.59. The highest BCUT2D eigenvalue weighted by Gasteiger charge is 2.23. The van der Waals surface area contributed by atoms with E-state index in [1.54, 1.807) is 24.5 Å². The van der Waals surface area contributed by atoms with Crippen molar-refractivity contribution in [3.63, 3.8) is 0 Å². The summed E-state index contributed by atoms with van der Waals surface area (Å²) in [5.41, 5.74) is 0.808. The third kappa shape index (κ3) is 1.91. The van der Waals surface area contributed by atoms with Crippen LogP contribution in [0.15, 0.2) is 24.5 Å². The van der Waals surface area contributed by atoms with Crippen LogP contribution in [0, 0.1) is 5.92 Å². The van der Waals surface area contributed by atoms with Gasteiger partial charge >= 0.3 is 0 Å². The number of aromatic nitrogens is 1. The van der Waals surface area contributed by atoms with E-state index in [1.165, 1.54) is 0 Å². The van der Waals surface area contributed by atoms with Crippen molar-refractivity contribution >= 4 is 17.5 Å². The summed E-state index contributed by atoms with van der Waals surface area (Å²) in [7, 11) is 0. The van der Waals surface area contributed by atoms with Crippen LogP contribution >= 0.6 is 11.8 Å². The molecule has 1 aliphatic rings. The van der Waals surface area contributed by atoms with Crippen LogP contribution in [0.1, 0.15) is 16.8 Å². The second-order valence-corrected chi connectivity index (χ2v) is 4.31. The molecule has 0 spiro atoms. The van der Waals surface area contributed by atoms with E-state index in [1.807, 2.05) is 11.8 Å². The number of carbonyl (C=O) groups excluding carboxylic acids is 1. The first kappa shape index (κ1) is 8.75. The molecule has 1 aromatic rings. The van der Waals surface area contributed by atoms with Crippen LogP contribution in [0.25, 0.3) is 0 Å². The Hall–Kier alpha value is -0.830. The summed E-state index contributed by atoms with van der Waals surface area (Å²) < 4.78 is 0. The van der Waals surface area contributed by atoms with Gasteiger partial charge in [-0.15, -0.1) is 0 Å². The molecule has 2 rings (SSSR count). The lowest BCUT2D eigenvalue weighted by Gasteiger charge is -2.05. The molecule has 0 N–H and O–H groups in total. The molecule has 0 amide bonds. The van der Waals surface area contributed by atoms with Crippen molar-refractivity contribution in [1.82, 2.24) is 4.98 Å². The van der Waals surface area contributed by atoms with Gasteiger partial charge in [0.1, 0.15) is 0 Å². The van der Waals surface area contributed by atoms with Gasteiger partial charge < -0.3 is 0 Å². The molecule has 0 unspecified atom stereocenters. The number of nitrogens with zero attached hydrogens (tertiary/aromatic N) is 1. The highest BCUT2D eigenvalue weighted by atomic mass is 32.2. The lowest BCUT2D eigenvalue weighted by Crippen LogP contribution is -2.13. The number of thioether (sulfide) groups is 1. The van der Waals surface area contributed by atoms with E-state index in [0.29, 0.717) is 0 Å². The second kappa shape index (κ2) is 3.92. The van der Waals surface area contributed by atoms with Crippen molar-refractivity contribution < 1.29 is 4.79 Å². The Morgan fingerprint density at radius 3 is 2.85 bits per heavy atom. The Labute approximate surface area is 81.8 Å². The summed E-state index contributed by atoms with van der Waals surface area (Å²) in [6.07, 6.45) is 4.39. The maximum Gasteiger partial charge on any atom is 0.166 e. The van der Waals surface area contributed by atoms with Crippen LogP contribution in [0.4, 0.5) is 0 Å². The SMILES string of the molecule is O=C(c1ccncc1)[C@H]1CCSC1. The molecule has 0 aliphatic carbocycles. The van der Waals surface area contributed by atoms with Crippen LogP contribution in [0.2, 0.25) is 0 Å². The van der Waals surface area contributed by atoms with Crippen molar-refractivity contribution in [2.75, 3.05) is 11.5 Å². The second-order valence-electron chi connectivity index (χ2n) is 3.16. The zero-order valence-corrected chi connectivity index (χ0v) is 8.09. The van der Waals surface area contributed by atoms with E-state index < -0.39 is 0 Å². The first-order valence-electron chi connectivity index (χ1n) is 4.40. The van der Waals surface area contributed by atoms with E-state index >= 15 is 0 Å². The molecule has 0 aromatic carbocycles. The lowest BCUT2D eigenvalue weighted by atomic mass is 9.98. The average molecular weight is 193 g/mol. The van der Waals surface area contributed by atoms with Crippen LogP contribution in [-0.2, 0) is 0 Å². The lowest BCUT2D eigenvalue weighted by molar-refractivity contribution is 0.0933. The maximum absolute atomic E-state index is 11.8. The highest BCUT2D eigenvalue weighted by Crippen LogP contribution is 2.26. The molecule has 1 aromatic heterocycles. The smallest absolute Gasteiger partial charge is 0.166 e. The molecule has 1 aliphatic heterocycles. The average Bonchev–Trinajstić information content (AvgIpc) is 2.71. The van der Waals surface area contributed by atoms with Crippen LogP contribution in [-0.4, -0.2) is 22.3 Å². The van der Waals surface area contributed by atoms with Crippen LogP contribution < -0.4 is 0 Å². The Balaban J connectivity index is 2.13. The molecule has 2 heterocycles. The van der Waals surface area contributed by atoms with Gasteiger partial charge in [-0.1, -0.05) is 0 Å². The van der Waals surface area contributed by atoms with Crippen molar-refractivity contribution in [3.8, 4) is 0 Å². The van der Waals surface area contributed by atoms with Gasteiger partial charge in [0.15, 0.2) is 5.78 Å². The van der Waals surface area contributed by atoms with Gasteiger partial charge in [0.05, 0.1) is 0 Å². The molecule has 1 atom stereocenters. The monoisotopic (exact) mass is 193 g/mol. The summed E-state index contributed by atoms with van der Waals surface area (Å²) in [6.45, 7) is 0. The molecular formula is C10H11NOS. The highest BCUT2D eigenvalue weighted by molar-refractivity contribution is 7.99. The third-order valence-electron chi connectivity index (χ3n) is 2.27. The fourth-order valence-electron chi connectivity index (χ4n) is 1.49. The van der Waals surface area contributed by atoms with E-state index in [0.717, 1.165) is 23.5 Å². The predicted octanol–water partition coefficient (Wildman–Crippen LogP) is 2.02. The summed E-state index contributed by atoms with van der Waals surface area (Å²) in [5.74, 6) is 2.64.